The first-order chi connectivity index (χ1) is 8.37. The van der Waals surface area contributed by atoms with Gasteiger partial charge in [0.25, 0.3) is 0 Å². The van der Waals surface area contributed by atoms with Crippen molar-refractivity contribution >= 4 is 11.3 Å². The van der Waals surface area contributed by atoms with Crippen LogP contribution in [0.2, 0.25) is 0 Å². The molecular formula is C14H24N2OS. The van der Waals surface area contributed by atoms with E-state index in [9.17, 15) is 0 Å². The first kappa shape index (κ1) is 14.0. The van der Waals surface area contributed by atoms with E-state index in [0.717, 1.165) is 19.4 Å². The highest BCUT2D eigenvalue weighted by molar-refractivity contribution is 7.09. The quantitative estimate of drug-likeness (QED) is 0.917. The van der Waals surface area contributed by atoms with E-state index < -0.39 is 0 Å². The van der Waals surface area contributed by atoms with E-state index in [2.05, 4.69) is 33.1 Å². The number of hydrogen-bond acceptors (Lipinski definition) is 4. The Morgan fingerprint density at radius 2 is 2.28 bits per heavy atom. The third-order valence-corrected chi connectivity index (χ3v) is 4.91. The minimum absolute atomic E-state index is 0.0903. The molecule has 0 bridgehead atoms. The van der Waals surface area contributed by atoms with E-state index in [1.54, 1.807) is 11.3 Å². The predicted molar refractivity (Wildman–Crippen MR) is 76.0 cm³/mol. The monoisotopic (exact) mass is 268 g/mol. The van der Waals surface area contributed by atoms with E-state index in [1.165, 1.54) is 10.7 Å². The lowest BCUT2D eigenvalue weighted by Gasteiger charge is -2.29. The predicted octanol–water partition coefficient (Wildman–Crippen LogP) is 2.74. The van der Waals surface area contributed by atoms with Gasteiger partial charge in [-0.25, -0.2) is 4.98 Å². The number of nitrogens with two attached hydrogens (primary N) is 1. The first-order valence-corrected chi connectivity index (χ1v) is 7.52. The van der Waals surface area contributed by atoms with Crippen LogP contribution < -0.4 is 5.73 Å². The molecule has 2 atom stereocenters. The van der Waals surface area contributed by atoms with Gasteiger partial charge in [-0.05, 0) is 13.3 Å². The largest absolute Gasteiger partial charge is 0.378 e. The molecule has 1 saturated heterocycles. The molecule has 2 N–H and O–H groups in total. The number of nitrogens with zero attached hydrogens (tertiary/aromatic N) is 1. The average molecular weight is 268 g/mol. The van der Waals surface area contributed by atoms with Gasteiger partial charge in [0.2, 0.25) is 0 Å². The third kappa shape index (κ3) is 2.60. The van der Waals surface area contributed by atoms with Crippen molar-refractivity contribution in [1.82, 2.24) is 4.98 Å². The Morgan fingerprint density at radius 1 is 1.56 bits per heavy atom. The molecule has 3 nitrogen and oxygen atoms in total. The molecule has 0 spiro atoms. The topological polar surface area (TPSA) is 48.1 Å². The van der Waals surface area contributed by atoms with Crippen molar-refractivity contribution in [3.63, 3.8) is 0 Å². The average Bonchev–Trinajstić information content (AvgIpc) is 2.87. The van der Waals surface area contributed by atoms with Gasteiger partial charge in [-0.1, -0.05) is 20.8 Å². The SMILES string of the molecule is CC1OCCC1(CN)Cc1nc(C(C)(C)C)cs1. The van der Waals surface area contributed by atoms with Crippen LogP contribution in [0.1, 0.15) is 44.8 Å². The number of thiazole rings is 1. The summed E-state index contributed by atoms with van der Waals surface area (Å²) in [5.74, 6) is 0. The number of ether oxygens (including phenoxy) is 1. The first-order valence-electron chi connectivity index (χ1n) is 6.64. The van der Waals surface area contributed by atoms with E-state index in [-0.39, 0.29) is 16.9 Å². The number of aromatic nitrogens is 1. The van der Waals surface area contributed by atoms with Gasteiger partial charge in [-0.2, -0.15) is 0 Å². The second-order valence-corrected chi connectivity index (χ2v) is 7.33. The van der Waals surface area contributed by atoms with Crippen LogP contribution >= 0.6 is 11.3 Å². The minimum Gasteiger partial charge on any atom is -0.378 e. The van der Waals surface area contributed by atoms with Crippen molar-refractivity contribution in [2.75, 3.05) is 13.2 Å². The Bertz CT molecular complexity index is 410. The summed E-state index contributed by atoms with van der Waals surface area (Å²) >= 11 is 1.76. The van der Waals surface area contributed by atoms with Crippen LogP contribution in [0.15, 0.2) is 5.38 Å². The highest BCUT2D eigenvalue weighted by Gasteiger charge is 2.41. The highest BCUT2D eigenvalue weighted by Crippen LogP contribution is 2.38. The zero-order valence-electron chi connectivity index (χ0n) is 11.8. The van der Waals surface area contributed by atoms with Crippen molar-refractivity contribution in [2.24, 2.45) is 11.1 Å². The zero-order chi connectivity index (χ0) is 13.4. The van der Waals surface area contributed by atoms with Crippen LogP contribution in [0.25, 0.3) is 0 Å². The normalized spacial score (nSPS) is 28.8. The summed E-state index contributed by atoms with van der Waals surface area (Å²) in [7, 11) is 0. The lowest BCUT2D eigenvalue weighted by molar-refractivity contribution is 0.0673. The summed E-state index contributed by atoms with van der Waals surface area (Å²) in [4.78, 5) is 4.78. The fourth-order valence-electron chi connectivity index (χ4n) is 2.43. The van der Waals surface area contributed by atoms with Gasteiger partial charge < -0.3 is 10.5 Å². The minimum atomic E-state index is 0.0903. The van der Waals surface area contributed by atoms with Crippen LogP contribution in [-0.2, 0) is 16.6 Å². The Hall–Kier alpha value is -0.450. The smallest absolute Gasteiger partial charge is 0.0935 e. The molecule has 0 saturated carbocycles. The molecular weight excluding hydrogens is 244 g/mol. The van der Waals surface area contributed by atoms with E-state index >= 15 is 0 Å². The second kappa shape index (κ2) is 4.91. The van der Waals surface area contributed by atoms with Crippen molar-refractivity contribution in [3.05, 3.63) is 16.1 Å². The highest BCUT2D eigenvalue weighted by atomic mass is 32.1. The van der Waals surface area contributed by atoms with Gasteiger partial charge in [0.15, 0.2) is 0 Å². The van der Waals surface area contributed by atoms with E-state index in [4.69, 9.17) is 15.5 Å². The molecule has 0 aliphatic carbocycles. The summed E-state index contributed by atoms with van der Waals surface area (Å²) in [6, 6.07) is 0. The number of hydrogen-bond donors (Lipinski definition) is 1. The maximum Gasteiger partial charge on any atom is 0.0935 e. The molecule has 1 aliphatic heterocycles. The zero-order valence-corrected chi connectivity index (χ0v) is 12.6. The molecule has 1 aliphatic rings. The van der Waals surface area contributed by atoms with Gasteiger partial charge >= 0.3 is 0 Å². The van der Waals surface area contributed by atoms with E-state index in [0.29, 0.717) is 6.54 Å². The molecule has 1 fully saturated rings. The van der Waals surface area contributed by atoms with Gasteiger partial charge in [-0.3, -0.25) is 0 Å². The maximum atomic E-state index is 6.00. The molecule has 2 rings (SSSR count). The molecule has 18 heavy (non-hydrogen) atoms. The van der Waals surface area contributed by atoms with Crippen LogP contribution in [0.4, 0.5) is 0 Å². The Labute approximate surface area is 114 Å². The summed E-state index contributed by atoms with van der Waals surface area (Å²) in [6.45, 7) is 10.2. The van der Waals surface area contributed by atoms with Gasteiger partial charge in [0, 0.05) is 35.8 Å². The molecule has 2 unspecified atom stereocenters. The third-order valence-electron chi connectivity index (χ3n) is 4.06. The van der Waals surface area contributed by atoms with Crippen LogP contribution in [-0.4, -0.2) is 24.2 Å². The summed E-state index contributed by atoms with van der Waals surface area (Å²) in [6.07, 6.45) is 2.24. The van der Waals surface area contributed by atoms with Gasteiger partial charge in [0.1, 0.15) is 0 Å². The molecule has 1 aromatic rings. The lowest BCUT2D eigenvalue weighted by Crippen LogP contribution is -2.38. The van der Waals surface area contributed by atoms with E-state index in [1.807, 2.05) is 0 Å². The maximum absolute atomic E-state index is 6.00. The molecule has 2 heterocycles. The van der Waals surface area contributed by atoms with Crippen molar-refractivity contribution in [1.29, 1.82) is 0 Å². The Kier molecular flexibility index (Phi) is 3.81. The molecule has 4 heteroatoms. The fraction of sp³-hybridized carbons (Fsp3) is 0.786. The molecule has 1 aromatic heterocycles. The van der Waals surface area contributed by atoms with Crippen molar-refractivity contribution in [2.45, 2.75) is 52.1 Å². The van der Waals surface area contributed by atoms with Gasteiger partial charge in [0.05, 0.1) is 16.8 Å². The van der Waals surface area contributed by atoms with Crippen LogP contribution in [0.3, 0.4) is 0 Å². The Morgan fingerprint density at radius 3 is 2.72 bits per heavy atom. The molecule has 0 amide bonds. The molecule has 0 aromatic carbocycles. The van der Waals surface area contributed by atoms with Crippen LogP contribution in [0.5, 0.6) is 0 Å². The molecule has 102 valence electrons. The Balaban J connectivity index is 2.16. The number of rotatable bonds is 3. The van der Waals surface area contributed by atoms with Crippen molar-refractivity contribution in [3.8, 4) is 0 Å². The lowest BCUT2D eigenvalue weighted by atomic mass is 9.79. The van der Waals surface area contributed by atoms with Crippen molar-refractivity contribution < 1.29 is 4.74 Å². The second-order valence-electron chi connectivity index (χ2n) is 6.38. The van der Waals surface area contributed by atoms with Gasteiger partial charge in [-0.15, -0.1) is 11.3 Å². The molecule has 0 radical (unpaired) electrons. The standard InChI is InChI=1S/C14H24N2OS/c1-10-14(9-15,5-6-17-10)7-12-16-11(8-18-12)13(2,3)4/h8,10H,5-7,9,15H2,1-4H3. The summed E-state index contributed by atoms with van der Waals surface area (Å²) < 4.78 is 5.70. The summed E-state index contributed by atoms with van der Waals surface area (Å²) in [5, 5.41) is 3.38. The fourth-order valence-corrected chi connectivity index (χ4v) is 3.60. The summed E-state index contributed by atoms with van der Waals surface area (Å²) in [5.41, 5.74) is 7.40. The van der Waals surface area contributed by atoms with Crippen LogP contribution in [0, 0.1) is 5.41 Å².